The quantitative estimate of drug-likeness (QED) is 0.856. The molecule has 3 nitrogen and oxygen atoms in total. The van der Waals surface area contributed by atoms with E-state index >= 15 is 0 Å². The fraction of sp³-hybridized carbons (Fsp3) is 0.0769. The maximum absolute atomic E-state index is 12.9. The highest BCUT2D eigenvalue weighted by atomic mass is 35.5. The number of carbonyl (C=O) groups is 1. The van der Waals surface area contributed by atoms with Crippen molar-refractivity contribution in [3.8, 4) is 0 Å². The molecule has 0 bridgehead atoms. The SMILES string of the molecule is Cc1ccc(NC(=O)c2cc(F)nc(F)c2)cc1Cl. The van der Waals surface area contributed by atoms with Crippen molar-refractivity contribution in [3.05, 3.63) is 58.4 Å². The molecule has 0 aliphatic carbocycles. The molecule has 0 saturated heterocycles. The number of aryl methyl sites for hydroxylation is 1. The molecule has 1 heterocycles. The predicted octanol–water partition coefficient (Wildman–Crippen LogP) is 3.57. The normalized spacial score (nSPS) is 10.3. The Morgan fingerprint density at radius 1 is 1.21 bits per heavy atom. The Hall–Kier alpha value is -2.01. The van der Waals surface area contributed by atoms with Crippen LogP contribution in [0.25, 0.3) is 0 Å². The summed E-state index contributed by atoms with van der Waals surface area (Å²) in [6.45, 7) is 1.82. The third-order valence-electron chi connectivity index (χ3n) is 2.45. The summed E-state index contributed by atoms with van der Waals surface area (Å²) in [5, 5.41) is 2.99. The van der Waals surface area contributed by atoms with Crippen LogP contribution in [-0.2, 0) is 0 Å². The van der Waals surface area contributed by atoms with Crippen molar-refractivity contribution in [1.82, 2.24) is 4.98 Å². The van der Waals surface area contributed by atoms with Gasteiger partial charge < -0.3 is 5.32 Å². The van der Waals surface area contributed by atoms with Crippen molar-refractivity contribution in [2.75, 3.05) is 5.32 Å². The molecular formula is C13H9ClF2N2O. The van der Waals surface area contributed by atoms with Crippen LogP contribution in [0.4, 0.5) is 14.5 Å². The summed E-state index contributed by atoms with van der Waals surface area (Å²) < 4.78 is 25.8. The summed E-state index contributed by atoms with van der Waals surface area (Å²) in [4.78, 5) is 14.7. The zero-order chi connectivity index (χ0) is 14.0. The van der Waals surface area contributed by atoms with Crippen LogP contribution in [0.15, 0.2) is 30.3 Å². The number of benzene rings is 1. The Balaban J connectivity index is 2.22. The van der Waals surface area contributed by atoms with Gasteiger partial charge in [0.1, 0.15) is 0 Å². The number of aromatic nitrogens is 1. The van der Waals surface area contributed by atoms with E-state index < -0.39 is 17.8 Å². The van der Waals surface area contributed by atoms with Crippen LogP contribution in [-0.4, -0.2) is 10.9 Å². The molecule has 0 unspecified atom stereocenters. The molecule has 1 amide bonds. The lowest BCUT2D eigenvalue weighted by Gasteiger charge is -2.07. The highest BCUT2D eigenvalue weighted by Crippen LogP contribution is 2.20. The highest BCUT2D eigenvalue weighted by Gasteiger charge is 2.10. The van der Waals surface area contributed by atoms with Crippen molar-refractivity contribution in [1.29, 1.82) is 0 Å². The molecule has 0 atom stereocenters. The average molecular weight is 283 g/mol. The van der Waals surface area contributed by atoms with Crippen LogP contribution in [0.3, 0.4) is 0 Å². The third kappa shape index (κ3) is 3.26. The van der Waals surface area contributed by atoms with Gasteiger partial charge in [0.15, 0.2) is 0 Å². The third-order valence-corrected chi connectivity index (χ3v) is 2.86. The van der Waals surface area contributed by atoms with Gasteiger partial charge in [0.05, 0.1) is 0 Å². The van der Waals surface area contributed by atoms with E-state index in [-0.39, 0.29) is 5.56 Å². The molecule has 2 rings (SSSR count). The van der Waals surface area contributed by atoms with Crippen molar-refractivity contribution < 1.29 is 13.6 Å². The highest BCUT2D eigenvalue weighted by molar-refractivity contribution is 6.31. The Labute approximate surface area is 113 Å². The maximum atomic E-state index is 12.9. The van der Waals surface area contributed by atoms with E-state index in [1.807, 2.05) is 6.92 Å². The summed E-state index contributed by atoms with van der Waals surface area (Å²) in [6.07, 6.45) is 0. The first-order chi connectivity index (χ1) is 8.95. The van der Waals surface area contributed by atoms with Crippen molar-refractivity contribution >= 4 is 23.2 Å². The molecule has 0 fully saturated rings. The van der Waals surface area contributed by atoms with E-state index in [0.717, 1.165) is 17.7 Å². The van der Waals surface area contributed by atoms with Gasteiger partial charge in [-0.1, -0.05) is 17.7 Å². The summed E-state index contributed by atoms with van der Waals surface area (Å²) in [7, 11) is 0. The number of halogens is 3. The first-order valence-corrected chi connectivity index (χ1v) is 5.74. The molecule has 6 heteroatoms. The molecule has 19 heavy (non-hydrogen) atoms. The van der Waals surface area contributed by atoms with Crippen LogP contribution in [0.2, 0.25) is 5.02 Å². The van der Waals surface area contributed by atoms with E-state index in [0.29, 0.717) is 10.7 Å². The van der Waals surface area contributed by atoms with Gasteiger partial charge in [0.2, 0.25) is 11.9 Å². The number of anilines is 1. The summed E-state index contributed by atoms with van der Waals surface area (Å²) in [5.41, 5.74) is 1.15. The Kier molecular flexibility index (Phi) is 3.76. The van der Waals surface area contributed by atoms with Gasteiger partial charge in [-0.05, 0) is 24.6 Å². The number of hydrogen-bond donors (Lipinski definition) is 1. The van der Waals surface area contributed by atoms with Gasteiger partial charge in [-0.2, -0.15) is 13.8 Å². The number of nitrogens with one attached hydrogen (secondary N) is 1. The topological polar surface area (TPSA) is 42.0 Å². The maximum Gasteiger partial charge on any atom is 0.255 e. The standard InChI is InChI=1S/C13H9ClF2N2O/c1-7-2-3-9(6-10(7)14)17-13(19)8-4-11(15)18-12(16)5-8/h2-6H,1H3,(H,17,19). The molecule has 1 N–H and O–H groups in total. The molecule has 1 aromatic heterocycles. The molecule has 98 valence electrons. The Morgan fingerprint density at radius 2 is 1.84 bits per heavy atom. The molecule has 0 radical (unpaired) electrons. The van der Waals surface area contributed by atoms with Crippen LogP contribution < -0.4 is 5.32 Å². The Bertz CT molecular complexity index is 626. The number of pyridine rings is 1. The van der Waals surface area contributed by atoms with E-state index in [9.17, 15) is 13.6 Å². The van der Waals surface area contributed by atoms with E-state index in [2.05, 4.69) is 10.3 Å². The van der Waals surface area contributed by atoms with Gasteiger partial charge >= 0.3 is 0 Å². The fourth-order valence-electron chi connectivity index (χ4n) is 1.47. The van der Waals surface area contributed by atoms with Crippen molar-refractivity contribution in [2.45, 2.75) is 6.92 Å². The second-order valence-corrected chi connectivity index (χ2v) is 4.33. The lowest BCUT2D eigenvalue weighted by molar-refractivity contribution is 0.102. The second kappa shape index (κ2) is 5.32. The molecule has 0 saturated carbocycles. The minimum Gasteiger partial charge on any atom is -0.322 e. The molecule has 0 aliphatic heterocycles. The smallest absolute Gasteiger partial charge is 0.255 e. The number of nitrogens with zero attached hydrogens (tertiary/aromatic N) is 1. The summed E-state index contributed by atoms with van der Waals surface area (Å²) >= 11 is 5.91. The van der Waals surface area contributed by atoms with E-state index in [4.69, 9.17) is 11.6 Å². The summed E-state index contributed by atoms with van der Waals surface area (Å²) in [6, 6.07) is 6.64. The number of carbonyl (C=O) groups excluding carboxylic acids is 1. The van der Waals surface area contributed by atoms with Gasteiger partial charge in [-0.25, -0.2) is 0 Å². The zero-order valence-corrected chi connectivity index (χ0v) is 10.6. The number of amides is 1. The fourth-order valence-corrected chi connectivity index (χ4v) is 1.65. The minimum atomic E-state index is -1.05. The summed E-state index contributed by atoms with van der Waals surface area (Å²) in [5.74, 6) is -2.74. The van der Waals surface area contributed by atoms with Crippen LogP contribution in [0.5, 0.6) is 0 Å². The number of hydrogen-bond acceptors (Lipinski definition) is 2. The van der Waals surface area contributed by atoms with Gasteiger partial charge in [-0.15, -0.1) is 0 Å². The molecule has 0 aliphatic rings. The molecular weight excluding hydrogens is 274 g/mol. The first-order valence-electron chi connectivity index (χ1n) is 5.36. The van der Waals surface area contributed by atoms with Gasteiger partial charge in [-0.3, -0.25) is 4.79 Å². The average Bonchev–Trinajstić information content (AvgIpc) is 2.32. The van der Waals surface area contributed by atoms with Crippen LogP contribution in [0.1, 0.15) is 15.9 Å². The van der Waals surface area contributed by atoms with Crippen molar-refractivity contribution in [2.24, 2.45) is 0 Å². The molecule has 2 aromatic rings. The van der Waals surface area contributed by atoms with Crippen molar-refractivity contribution in [3.63, 3.8) is 0 Å². The molecule has 1 aromatic carbocycles. The monoisotopic (exact) mass is 282 g/mol. The zero-order valence-electron chi connectivity index (χ0n) is 9.88. The van der Waals surface area contributed by atoms with Crippen LogP contribution >= 0.6 is 11.6 Å². The van der Waals surface area contributed by atoms with Gasteiger partial charge in [0.25, 0.3) is 5.91 Å². The lowest BCUT2D eigenvalue weighted by atomic mass is 10.2. The van der Waals surface area contributed by atoms with E-state index in [1.54, 1.807) is 18.2 Å². The largest absolute Gasteiger partial charge is 0.322 e. The lowest BCUT2D eigenvalue weighted by Crippen LogP contribution is -2.13. The predicted molar refractivity (Wildman–Crippen MR) is 68.3 cm³/mol. The first kappa shape index (κ1) is 13.4. The van der Waals surface area contributed by atoms with E-state index in [1.165, 1.54) is 0 Å². The second-order valence-electron chi connectivity index (χ2n) is 3.92. The minimum absolute atomic E-state index is 0.151. The Morgan fingerprint density at radius 3 is 2.42 bits per heavy atom. The van der Waals surface area contributed by atoms with Crippen LogP contribution in [0, 0.1) is 18.8 Å². The van der Waals surface area contributed by atoms with Gasteiger partial charge in [0, 0.05) is 28.4 Å². The molecule has 0 spiro atoms. The number of rotatable bonds is 2.